The van der Waals surface area contributed by atoms with Crippen molar-refractivity contribution < 1.29 is 9.59 Å². The molecule has 0 unspecified atom stereocenters. The molecule has 0 aliphatic carbocycles. The normalized spacial score (nSPS) is 14.6. The van der Waals surface area contributed by atoms with Crippen LogP contribution in [0, 0.1) is 5.92 Å². The molecule has 0 saturated carbocycles. The summed E-state index contributed by atoms with van der Waals surface area (Å²) in [5.41, 5.74) is 1.13. The van der Waals surface area contributed by atoms with Gasteiger partial charge >= 0.3 is 11.8 Å². The number of rotatable bonds is 6. The predicted molar refractivity (Wildman–Crippen MR) is 103 cm³/mol. The molecule has 1 aromatic heterocycles. The second kappa shape index (κ2) is 9.66. The topological polar surface area (TPSA) is 87.2 Å². The van der Waals surface area contributed by atoms with Gasteiger partial charge in [0.15, 0.2) is 0 Å². The van der Waals surface area contributed by atoms with Crippen LogP contribution in [0.15, 0.2) is 48.9 Å². The Morgan fingerprint density at radius 2 is 1.78 bits per heavy atom. The summed E-state index contributed by atoms with van der Waals surface area (Å²) in [7, 11) is 0. The van der Waals surface area contributed by atoms with Crippen LogP contribution in [0.4, 0.5) is 5.82 Å². The molecule has 27 heavy (non-hydrogen) atoms. The lowest BCUT2D eigenvalue weighted by Gasteiger charge is -2.32. The maximum absolute atomic E-state index is 12.0. The fourth-order valence-corrected chi connectivity index (χ4v) is 3.18. The van der Waals surface area contributed by atoms with Crippen LogP contribution >= 0.6 is 0 Å². The van der Waals surface area contributed by atoms with Crippen molar-refractivity contribution in [2.45, 2.75) is 19.3 Å². The molecule has 3 rings (SSSR count). The zero-order valence-electron chi connectivity index (χ0n) is 15.3. The lowest BCUT2D eigenvalue weighted by atomic mass is 9.97. The van der Waals surface area contributed by atoms with Crippen molar-refractivity contribution in [1.29, 1.82) is 0 Å². The Labute approximate surface area is 159 Å². The fourth-order valence-electron chi connectivity index (χ4n) is 3.18. The van der Waals surface area contributed by atoms with Gasteiger partial charge in [-0.25, -0.2) is 4.98 Å². The standard InChI is InChI=1S/C20H25N5O2/c26-19(23-9-6-16-4-2-1-3-5-16)20(27)24-14-17-7-12-25(13-8-17)18-15-21-10-11-22-18/h1-5,10-11,15,17H,6-9,12-14H2,(H,23,26)(H,24,27). The Bertz CT molecular complexity index is 731. The highest BCUT2D eigenvalue weighted by molar-refractivity contribution is 6.35. The number of hydrogen-bond acceptors (Lipinski definition) is 5. The lowest BCUT2D eigenvalue weighted by molar-refractivity contribution is -0.139. The molecule has 1 fully saturated rings. The number of carbonyl (C=O) groups is 2. The van der Waals surface area contributed by atoms with Gasteiger partial charge in [-0.3, -0.25) is 14.6 Å². The second-order valence-corrected chi connectivity index (χ2v) is 6.70. The molecule has 0 atom stereocenters. The molecule has 1 aromatic carbocycles. The minimum Gasteiger partial charge on any atom is -0.355 e. The van der Waals surface area contributed by atoms with Crippen molar-refractivity contribution in [3.63, 3.8) is 0 Å². The molecule has 7 nitrogen and oxygen atoms in total. The number of hydrogen-bond donors (Lipinski definition) is 2. The molecule has 2 aromatic rings. The summed E-state index contributed by atoms with van der Waals surface area (Å²) < 4.78 is 0. The van der Waals surface area contributed by atoms with Gasteiger partial charge in [0, 0.05) is 38.6 Å². The van der Waals surface area contributed by atoms with Crippen LogP contribution in [0.2, 0.25) is 0 Å². The number of carbonyl (C=O) groups excluding carboxylic acids is 2. The summed E-state index contributed by atoms with van der Waals surface area (Å²) in [5, 5.41) is 5.43. The highest BCUT2D eigenvalue weighted by Crippen LogP contribution is 2.20. The SMILES string of the molecule is O=C(NCCc1ccccc1)C(=O)NCC1CCN(c2cnccn2)CC1. The number of benzene rings is 1. The van der Waals surface area contributed by atoms with Gasteiger partial charge in [-0.05, 0) is 30.7 Å². The third-order valence-corrected chi connectivity index (χ3v) is 4.79. The van der Waals surface area contributed by atoms with Crippen LogP contribution < -0.4 is 15.5 Å². The van der Waals surface area contributed by atoms with E-state index in [1.807, 2.05) is 30.3 Å². The molecule has 1 aliphatic rings. The van der Waals surface area contributed by atoms with Crippen molar-refractivity contribution in [2.75, 3.05) is 31.1 Å². The average molecular weight is 367 g/mol. The van der Waals surface area contributed by atoms with Crippen molar-refractivity contribution in [3.8, 4) is 0 Å². The first-order chi connectivity index (χ1) is 13.2. The van der Waals surface area contributed by atoms with Crippen LogP contribution in [0.25, 0.3) is 0 Å². The highest BCUT2D eigenvalue weighted by Gasteiger charge is 2.22. The van der Waals surface area contributed by atoms with Crippen LogP contribution in [0.3, 0.4) is 0 Å². The predicted octanol–water partition coefficient (Wildman–Crippen LogP) is 1.17. The molecular weight excluding hydrogens is 342 g/mol. The maximum Gasteiger partial charge on any atom is 0.309 e. The first kappa shape index (κ1) is 18.8. The average Bonchev–Trinajstić information content (AvgIpc) is 2.73. The van der Waals surface area contributed by atoms with E-state index in [-0.39, 0.29) is 0 Å². The highest BCUT2D eigenvalue weighted by atomic mass is 16.2. The molecule has 0 bridgehead atoms. The van der Waals surface area contributed by atoms with Crippen LogP contribution in [0.5, 0.6) is 0 Å². The molecule has 7 heteroatoms. The maximum atomic E-state index is 12.0. The van der Waals surface area contributed by atoms with Gasteiger partial charge in [-0.1, -0.05) is 30.3 Å². The Morgan fingerprint density at radius 1 is 1.04 bits per heavy atom. The van der Waals surface area contributed by atoms with Crippen molar-refractivity contribution in [3.05, 3.63) is 54.5 Å². The summed E-state index contributed by atoms with van der Waals surface area (Å²) in [6.45, 7) is 2.73. The van der Waals surface area contributed by atoms with Gasteiger partial charge < -0.3 is 15.5 Å². The summed E-state index contributed by atoms with van der Waals surface area (Å²) in [5.74, 6) is 0.138. The minimum absolute atomic E-state index is 0.374. The van der Waals surface area contributed by atoms with E-state index in [0.29, 0.717) is 25.4 Å². The number of nitrogens with one attached hydrogen (secondary N) is 2. The zero-order chi connectivity index (χ0) is 18.9. The van der Waals surface area contributed by atoms with Crippen LogP contribution in [-0.4, -0.2) is 48.0 Å². The fraction of sp³-hybridized carbons (Fsp3) is 0.400. The molecular formula is C20H25N5O2. The Hall–Kier alpha value is -2.96. The number of anilines is 1. The van der Waals surface area contributed by atoms with Gasteiger partial charge in [-0.15, -0.1) is 0 Å². The second-order valence-electron chi connectivity index (χ2n) is 6.70. The molecule has 1 aliphatic heterocycles. The number of nitrogens with zero attached hydrogens (tertiary/aromatic N) is 3. The van der Waals surface area contributed by atoms with Gasteiger partial charge in [0.2, 0.25) is 0 Å². The molecule has 0 spiro atoms. The first-order valence-corrected chi connectivity index (χ1v) is 9.33. The smallest absolute Gasteiger partial charge is 0.309 e. The van der Waals surface area contributed by atoms with E-state index in [2.05, 4.69) is 25.5 Å². The number of amides is 2. The Kier molecular flexibility index (Phi) is 6.73. The molecule has 1 saturated heterocycles. The van der Waals surface area contributed by atoms with Gasteiger partial charge in [-0.2, -0.15) is 0 Å². The Morgan fingerprint density at radius 3 is 2.48 bits per heavy atom. The molecule has 2 heterocycles. The number of piperidine rings is 1. The van der Waals surface area contributed by atoms with Crippen LogP contribution in [0.1, 0.15) is 18.4 Å². The summed E-state index contributed by atoms with van der Waals surface area (Å²) in [6, 6.07) is 9.87. The molecule has 2 amide bonds. The minimum atomic E-state index is -0.567. The van der Waals surface area contributed by atoms with E-state index in [0.717, 1.165) is 37.3 Å². The molecule has 2 N–H and O–H groups in total. The third kappa shape index (κ3) is 5.77. The van der Waals surface area contributed by atoms with E-state index in [4.69, 9.17) is 0 Å². The summed E-state index contributed by atoms with van der Waals surface area (Å²) >= 11 is 0. The van der Waals surface area contributed by atoms with Crippen molar-refractivity contribution >= 4 is 17.6 Å². The molecule has 142 valence electrons. The lowest BCUT2D eigenvalue weighted by Crippen LogP contribution is -2.44. The van der Waals surface area contributed by atoms with Gasteiger partial charge in [0.1, 0.15) is 5.82 Å². The van der Waals surface area contributed by atoms with Gasteiger partial charge in [0.25, 0.3) is 0 Å². The van der Waals surface area contributed by atoms with E-state index in [1.54, 1.807) is 18.6 Å². The Balaban J connectivity index is 1.32. The van der Waals surface area contributed by atoms with E-state index in [1.165, 1.54) is 0 Å². The summed E-state index contributed by atoms with van der Waals surface area (Å²) in [4.78, 5) is 34.5. The van der Waals surface area contributed by atoms with Crippen molar-refractivity contribution in [2.24, 2.45) is 5.92 Å². The van der Waals surface area contributed by atoms with Gasteiger partial charge in [0.05, 0.1) is 6.20 Å². The van der Waals surface area contributed by atoms with E-state index < -0.39 is 11.8 Å². The summed E-state index contributed by atoms with van der Waals surface area (Å²) in [6.07, 6.45) is 7.73. The third-order valence-electron chi connectivity index (χ3n) is 4.79. The number of aromatic nitrogens is 2. The quantitative estimate of drug-likeness (QED) is 0.749. The largest absolute Gasteiger partial charge is 0.355 e. The first-order valence-electron chi connectivity index (χ1n) is 9.33. The van der Waals surface area contributed by atoms with E-state index >= 15 is 0 Å². The van der Waals surface area contributed by atoms with Crippen molar-refractivity contribution in [1.82, 2.24) is 20.6 Å². The van der Waals surface area contributed by atoms with E-state index in [9.17, 15) is 9.59 Å². The monoisotopic (exact) mass is 367 g/mol. The van der Waals surface area contributed by atoms with Crippen LogP contribution in [-0.2, 0) is 16.0 Å². The molecule has 0 radical (unpaired) electrons. The zero-order valence-corrected chi connectivity index (χ0v) is 15.3.